The number of aromatic amines is 1. The smallest absolute Gasteiger partial charge is 0.104 e. The van der Waals surface area contributed by atoms with E-state index in [0.717, 1.165) is 38.2 Å². The molecule has 0 bridgehead atoms. The highest BCUT2D eigenvalue weighted by atomic mass is 16.3. The molecule has 2 aromatic heterocycles. The zero-order valence-electron chi connectivity index (χ0n) is 13.3. The van der Waals surface area contributed by atoms with Crippen LogP contribution in [0.2, 0.25) is 0 Å². The second-order valence-electron chi connectivity index (χ2n) is 6.29. The van der Waals surface area contributed by atoms with Gasteiger partial charge in [-0.3, -0.25) is 4.90 Å². The van der Waals surface area contributed by atoms with Crippen molar-refractivity contribution in [2.45, 2.75) is 25.8 Å². The molecule has 3 heteroatoms. The summed E-state index contributed by atoms with van der Waals surface area (Å²) >= 11 is 0. The van der Waals surface area contributed by atoms with Gasteiger partial charge in [-0.05, 0) is 36.6 Å². The third-order valence-corrected chi connectivity index (χ3v) is 4.73. The van der Waals surface area contributed by atoms with E-state index in [1.165, 1.54) is 22.9 Å². The number of benzene rings is 1. The van der Waals surface area contributed by atoms with Gasteiger partial charge in [0.15, 0.2) is 0 Å². The molecule has 0 aliphatic carbocycles. The number of hydrogen-bond donors (Lipinski definition) is 1. The minimum absolute atomic E-state index is 1.02. The summed E-state index contributed by atoms with van der Waals surface area (Å²) < 4.78 is 5.42. The van der Waals surface area contributed by atoms with Crippen molar-refractivity contribution in [1.82, 2.24) is 9.88 Å². The Morgan fingerprint density at radius 1 is 1.09 bits per heavy atom. The number of hydrogen-bond acceptors (Lipinski definition) is 2. The molecule has 4 rings (SSSR count). The van der Waals surface area contributed by atoms with Crippen molar-refractivity contribution < 1.29 is 4.42 Å². The van der Waals surface area contributed by atoms with Gasteiger partial charge >= 0.3 is 0 Å². The third-order valence-electron chi connectivity index (χ3n) is 4.73. The van der Waals surface area contributed by atoms with Crippen molar-refractivity contribution >= 4 is 10.9 Å². The van der Waals surface area contributed by atoms with Gasteiger partial charge in [0, 0.05) is 43.2 Å². The van der Waals surface area contributed by atoms with Gasteiger partial charge in [-0.25, -0.2) is 0 Å². The van der Waals surface area contributed by atoms with Crippen LogP contribution in [0.5, 0.6) is 0 Å². The van der Waals surface area contributed by atoms with Crippen LogP contribution < -0.4 is 0 Å². The molecule has 0 spiro atoms. The van der Waals surface area contributed by atoms with Crippen LogP contribution >= 0.6 is 0 Å². The van der Waals surface area contributed by atoms with E-state index in [1.54, 1.807) is 11.8 Å². The van der Waals surface area contributed by atoms with E-state index in [4.69, 9.17) is 4.42 Å². The van der Waals surface area contributed by atoms with Crippen molar-refractivity contribution in [3.8, 4) is 0 Å². The number of rotatable bonds is 5. The fraction of sp³-hybridized carbons (Fsp3) is 0.300. The average Bonchev–Trinajstić information content (AvgIpc) is 3.25. The number of furan rings is 1. The number of aromatic nitrogens is 1. The number of nitrogens with zero attached hydrogens (tertiary/aromatic N) is 1. The molecule has 0 saturated heterocycles. The Hall–Kier alpha value is -2.26. The summed E-state index contributed by atoms with van der Waals surface area (Å²) in [5.41, 5.74) is 4.19. The molecule has 1 N–H and O–H groups in total. The van der Waals surface area contributed by atoms with Gasteiger partial charge in [-0.1, -0.05) is 29.8 Å². The van der Waals surface area contributed by atoms with Crippen molar-refractivity contribution in [2.75, 3.05) is 13.1 Å². The first-order valence-electron chi connectivity index (χ1n) is 8.36. The first-order valence-corrected chi connectivity index (χ1v) is 8.36. The molecule has 0 radical (unpaired) electrons. The molecular weight excluding hydrogens is 284 g/mol. The van der Waals surface area contributed by atoms with E-state index in [0.29, 0.717) is 0 Å². The van der Waals surface area contributed by atoms with Crippen molar-refractivity contribution in [1.29, 1.82) is 0 Å². The lowest BCUT2D eigenvalue weighted by Crippen LogP contribution is -2.28. The van der Waals surface area contributed by atoms with Crippen LogP contribution in [0.1, 0.15) is 24.2 Å². The van der Waals surface area contributed by atoms with Crippen molar-refractivity contribution in [2.24, 2.45) is 0 Å². The quantitative estimate of drug-likeness (QED) is 0.703. The molecule has 0 unspecified atom stereocenters. The van der Waals surface area contributed by atoms with Gasteiger partial charge < -0.3 is 9.40 Å². The molecule has 3 nitrogen and oxygen atoms in total. The molecule has 0 saturated carbocycles. The average molecular weight is 306 g/mol. The largest absolute Gasteiger partial charge is 0.469 e. The molecular formula is C20H22N2O. The predicted octanol–water partition coefficient (Wildman–Crippen LogP) is 4.53. The fourth-order valence-electron chi connectivity index (χ4n) is 3.37. The Kier molecular flexibility index (Phi) is 4.03. The Bertz CT molecular complexity index is 798. The van der Waals surface area contributed by atoms with Gasteiger partial charge in [0.25, 0.3) is 0 Å². The maximum Gasteiger partial charge on any atom is 0.104 e. The zero-order valence-corrected chi connectivity index (χ0v) is 13.3. The summed E-state index contributed by atoms with van der Waals surface area (Å²) in [6, 6.07) is 12.6. The van der Waals surface area contributed by atoms with Gasteiger partial charge in [0.1, 0.15) is 5.76 Å². The Labute approximate surface area is 136 Å². The van der Waals surface area contributed by atoms with E-state index in [9.17, 15) is 0 Å². The summed E-state index contributed by atoms with van der Waals surface area (Å²) in [6.07, 6.45) is 9.62. The van der Waals surface area contributed by atoms with Gasteiger partial charge in [0.05, 0.1) is 6.26 Å². The molecule has 0 amide bonds. The molecule has 1 aliphatic rings. The van der Waals surface area contributed by atoms with Crippen LogP contribution in [0.25, 0.3) is 10.9 Å². The van der Waals surface area contributed by atoms with Gasteiger partial charge in [-0.15, -0.1) is 0 Å². The van der Waals surface area contributed by atoms with Crippen molar-refractivity contribution in [3.63, 3.8) is 0 Å². The topological polar surface area (TPSA) is 32.2 Å². The highest BCUT2D eigenvalue weighted by molar-refractivity contribution is 5.82. The second kappa shape index (κ2) is 6.47. The van der Waals surface area contributed by atoms with Crippen LogP contribution in [-0.2, 0) is 13.0 Å². The summed E-state index contributed by atoms with van der Waals surface area (Å²) in [5.74, 6) is 1.09. The normalized spacial score (nSPS) is 15.9. The van der Waals surface area contributed by atoms with E-state index in [-0.39, 0.29) is 0 Å². The van der Waals surface area contributed by atoms with E-state index >= 15 is 0 Å². The fourth-order valence-corrected chi connectivity index (χ4v) is 3.37. The molecule has 3 heterocycles. The first-order chi connectivity index (χ1) is 11.4. The number of nitrogens with one attached hydrogen (secondary N) is 1. The lowest BCUT2D eigenvalue weighted by Gasteiger charge is -2.26. The van der Waals surface area contributed by atoms with E-state index in [1.807, 2.05) is 6.07 Å². The lowest BCUT2D eigenvalue weighted by molar-refractivity contribution is 0.285. The lowest BCUT2D eigenvalue weighted by atomic mass is 10.0. The minimum atomic E-state index is 1.02. The van der Waals surface area contributed by atoms with Crippen LogP contribution in [0, 0.1) is 0 Å². The SMILES string of the molecule is C1=C(CCc2ccco2)CCN(Cc2c[nH]c3ccccc23)C1. The Balaban J connectivity index is 1.35. The standard InChI is InChI=1S/C20H22N2O/c1-2-6-20-19(5-1)17(14-21-20)15-22-11-9-16(10-12-22)7-8-18-4-3-13-23-18/h1-6,9,13-14,21H,7-8,10-12,15H2. The minimum Gasteiger partial charge on any atom is -0.469 e. The van der Waals surface area contributed by atoms with E-state index < -0.39 is 0 Å². The zero-order chi connectivity index (χ0) is 15.5. The summed E-state index contributed by atoms with van der Waals surface area (Å²) in [4.78, 5) is 5.89. The predicted molar refractivity (Wildman–Crippen MR) is 93.3 cm³/mol. The number of para-hydroxylation sites is 1. The molecule has 0 atom stereocenters. The number of H-pyrrole nitrogens is 1. The highest BCUT2D eigenvalue weighted by Crippen LogP contribution is 2.22. The van der Waals surface area contributed by atoms with Crippen LogP contribution in [-0.4, -0.2) is 23.0 Å². The summed E-state index contributed by atoms with van der Waals surface area (Å²) in [7, 11) is 0. The maximum atomic E-state index is 5.42. The molecule has 118 valence electrons. The molecule has 3 aromatic rings. The first kappa shape index (κ1) is 14.3. The molecule has 1 aromatic carbocycles. The molecule has 23 heavy (non-hydrogen) atoms. The monoisotopic (exact) mass is 306 g/mol. The van der Waals surface area contributed by atoms with Crippen molar-refractivity contribution in [3.05, 3.63) is 71.8 Å². The maximum absolute atomic E-state index is 5.42. The van der Waals surface area contributed by atoms with Gasteiger partial charge in [-0.2, -0.15) is 0 Å². The third kappa shape index (κ3) is 3.25. The van der Waals surface area contributed by atoms with Gasteiger partial charge in [0.2, 0.25) is 0 Å². The van der Waals surface area contributed by atoms with Crippen LogP contribution in [0.4, 0.5) is 0 Å². The second-order valence-corrected chi connectivity index (χ2v) is 6.29. The van der Waals surface area contributed by atoms with Crippen LogP contribution in [0.15, 0.2) is 64.9 Å². The Morgan fingerprint density at radius 2 is 2.04 bits per heavy atom. The molecule has 0 fully saturated rings. The Morgan fingerprint density at radius 3 is 2.87 bits per heavy atom. The van der Waals surface area contributed by atoms with E-state index in [2.05, 4.69) is 52.5 Å². The summed E-state index contributed by atoms with van der Waals surface area (Å²) in [6.45, 7) is 3.21. The molecule has 1 aliphatic heterocycles. The highest BCUT2D eigenvalue weighted by Gasteiger charge is 2.14. The number of fused-ring (bicyclic) bond motifs is 1. The number of aryl methyl sites for hydroxylation is 1. The summed E-state index contributed by atoms with van der Waals surface area (Å²) in [5, 5.41) is 1.35. The van der Waals surface area contributed by atoms with Crippen LogP contribution in [0.3, 0.4) is 0 Å².